The number of carbonyl (C=O) groups is 1. The number of hydrogen-bond acceptors (Lipinski definition) is 2. The van der Waals surface area contributed by atoms with Gasteiger partial charge < -0.3 is 4.74 Å². The molecule has 0 bridgehead atoms. The molecule has 7 heteroatoms. The van der Waals surface area contributed by atoms with E-state index in [1.807, 2.05) is 6.07 Å². The third kappa shape index (κ3) is 4.85. The van der Waals surface area contributed by atoms with Crippen LogP contribution in [0.2, 0.25) is 0 Å². The van der Waals surface area contributed by atoms with E-state index in [0.717, 1.165) is 11.6 Å². The van der Waals surface area contributed by atoms with Crippen LogP contribution in [0.1, 0.15) is 16.7 Å². The van der Waals surface area contributed by atoms with E-state index < -0.39 is 17.8 Å². The van der Waals surface area contributed by atoms with Crippen LogP contribution in [0.25, 0.3) is 0 Å². The monoisotopic (exact) mass is 435 g/mol. The standard InChI is InChI=1S/C16H13F3INO2/c1-10-13(16(17,18)19)7-12(20)8-14(10)21-15(22)23-9-11-5-3-2-4-6-11/h2-8H,9H2,1H3,(H,21,22). The van der Waals surface area contributed by atoms with Crippen molar-refractivity contribution in [2.75, 3.05) is 5.32 Å². The lowest BCUT2D eigenvalue weighted by Crippen LogP contribution is -2.16. The Morgan fingerprint density at radius 3 is 2.48 bits per heavy atom. The number of ether oxygens (including phenoxy) is 1. The molecule has 23 heavy (non-hydrogen) atoms. The summed E-state index contributed by atoms with van der Waals surface area (Å²) >= 11 is 1.77. The maximum absolute atomic E-state index is 13.0. The fraction of sp³-hybridized carbons (Fsp3) is 0.188. The van der Waals surface area contributed by atoms with Gasteiger partial charge in [0, 0.05) is 9.26 Å². The number of amides is 1. The van der Waals surface area contributed by atoms with E-state index in [-0.39, 0.29) is 17.9 Å². The van der Waals surface area contributed by atoms with Crippen molar-refractivity contribution < 1.29 is 22.7 Å². The molecule has 2 aromatic carbocycles. The molecule has 0 heterocycles. The van der Waals surface area contributed by atoms with Crippen molar-refractivity contribution in [3.8, 4) is 0 Å². The van der Waals surface area contributed by atoms with Crippen molar-refractivity contribution in [2.45, 2.75) is 19.7 Å². The van der Waals surface area contributed by atoms with E-state index in [1.165, 1.54) is 13.0 Å². The number of nitrogens with one attached hydrogen (secondary N) is 1. The van der Waals surface area contributed by atoms with E-state index in [0.29, 0.717) is 3.57 Å². The van der Waals surface area contributed by atoms with Crippen LogP contribution in [0.3, 0.4) is 0 Å². The predicted octanol–water partition coefficient (Wildman–Crippen LogP) is 5.37. The molecular weight excluding hydrogens is 422 g/mol. The summed E-state index contributed by atoms with van der Waals surface area (Å²) in [5, 5.41) is 2.37. The first kappa shape index (κ1) is 17.6. The zero-order valence-corrected chi connectivity index (χ0v) is 14.2. The minimum Gasteiger partial charge on any atom is -0.444 e. The highest BCUT2D eigenvalue weighted by atomic mass is 127. The zero-order chi connectivity index (χ0) is 17.0. The maximum atomic E-state index is 13.0. The molecule has 0 atom stereocenters. The first-order chi connectivity index (χ1) is 10.8. The second-order valence-corrected chi connectivity index (χ2v) is 6.06. The van der Waals surface area contributed by atoms with Crippen molar-refractivity contribution in [3.05, 3.63) is 62.7 Å². The van der Waals surface area contributed by atoms with Crippen LogP contribution in [-0.4, -0.2) is 6.09 Å². The largest absolute Gasteiger partial charge is 0.444 e. The molecule has 0 fully saturated rings. The smallest absolute Gasteiger partial charge is 0.416 e. The number of halogens is 4. The molecule has 2 aromatic rings. The average Bonchev–Trinajstić information content (AvgIpc) is 2.48. The highest BCUT2D eigenvalue weighted by Gasteiger charge is 2.33. The molecule has 0 saturated carbocycles. The molecule has 1 amide bonds. The second-order valence-electron chi connectivity index (χ2n) is 4.81. The zero-order valence-electron chi connectivity index (χ0n) is 12.1. The molecule has 3 nitrogen and oxygen atoms in total. The lowest BCUT2D eigenvalue weighted by atomic mass is 10.1. The Bertz CT molecular complexity index is 702. The van der Waals surface area contributed by atoms with Gasteiger partial charge in [-0.05, 0) is 52.8 Å². The van der Waals surface area contributed by atoms with Gasteiger partial charge in [-0.3, -0.25) is 5.32 Å². The van der Waals surface area contributed by atoms with Crippen LogP contribution in [0.15, 0.2) is 42.5 Å². The van der Waals surface area contributed by atoms with Crippen molar-refractivity contribution >= 4 is 34.4 Å². The minimum atomic E-state index is -4.48. The highest BCUT2D eigenvalue weighted by Crippen LogP contribution is 2.36. The van der Waals surface area contributed by atoms with Crippen LogP contribution in [-0.2, 0) is 17.5 Å². The predicted molar refractivity (Wildman–Crippen MR) is 89.1 cm³/mol. The van der Waals surface area contributed by atoms with Gasteiger partial charge in [-0.1, -0.05) is 30.3 Å². The molecular formula is C16H13F3INO2. The molecule has 0 aromatic heterocycles. The van der Waals surface area contributed by atoms with E-state index in [1.54, 1.807) is 46.9 Å². The lowest BCUT2D eigenvalue weighted by molar-refractivity contribution is -0.138. The minimum absolute atomic E-state index is 0.0434. The molecule has 0 aliphatic rings. The highest BCUT2D eigenvalue weighted by molar-refractivity contribution is 14.1. The van der Waals surface area contributed by atoms with Gasteiger partial charge in [0.15, 0.2) is 0 Å². The van der Waals surface area contributed by atoms with Crippen LogP contribution in [0, 0.1) is 10.5 Å². The first-order valence-corrected chi connectivity index (χ1v) is 7.70. The number of alkyl halides is 3. The SMILES string of the molecule is Cc1c(NC(=O)OCc2ccccc2)cc(I)cc1C(F)(F)F. The molecule has 0 spiro atoms. The summed E-state index contributed by atoms with van der Waals surface area (Å²) in [5.41, 5.74) is 0.0533. The van der Waals surface area contributed by atoms with Crippen molar-refractivity contribution in [1.29, 1.82) is 0 Å². The lowest BCUT2D eigenvalue weighted by Gasteiger charge is -2.15. The molecule has 122 valence electrons. The summed E-state index contributed by atoms with van der Waals surface area (Å²) in [6.07, 6.45) is -5.28. The van der Waals surface area contributed by atoms with Gasteiger partial charge in [-0.2, -0.15) is 13.2 Å². The van der Waals surface area contributed by atoms with Gasteiger partial charge in [0.2, 0.25) is 0 Å². The second kappa shape index (κ2) is 7.20. The Morgan fingerprint density at radius 1 is 1.22 bits per heavy atom. The van der Waals surface area contributed by atoms with Crippen molar-refractivity contribution in [3.63, 3.8) is 0 Å². The van der Waals surface area contributed by atoms with Crippen molar-refractivity contribution in [1.82, 2.24) is 0 Å². The van der Waals surface area contributed by atoms with Crippen LogP contribution >= 0.6 is 22.6 Å². The average molecular weight is 435 g/mol. The van der Waals surface area contributed by atoms with Crippen molar-refractivity contribution in [2.24, 2.45) is 0 Å². The van der Waals surface area contributed by atoms with Gasteiger partial charge in [-0.15, -0.1) is 0 Å². The number of rotatable bonds is 3. The Kier molecular flexibility index (Phi) is 5.51. The van der Waals surface area contributed by atoms with Crippen LogP contribution in [0.5, 0.6) is 0 Å². The maximum Gasteiger partial charge on any atom is 0.416 e. The number of carbonyl (C=O) groups excluding carboxylic acids is 1. The number of hydrogen-bond donors (Lipinski definition) is 1. The molecule has 2 rings (SSSR count). The van der Waals surface area contributed by atoms with Gasteiger partial charge in [0.05, 0.1) is 5.56 Å². The summed E-state index contributed by atoms with van der Waals surface area (Å²) in [7, 11) is 0. The summed E-state index contributed by atoms with van der Waals surface area (Å²) in [6.45, 7) is 1.35. The fourth-order valence-corrected chi connectivity index (χ4v) is 2.60. The summed E-state index contributed by atoms with van der Waals surface area (Å²) < 4.78 is 44.3. The Balaban J connectivity index is 2.10. The third-order valence-corrected chi connectivity index (χ3v) is 3.75. The Labute approximate surface area is 145 Å². The normalized spacial score (nSPS) is 11.2. The van der Waals surface area contributed by atoms with E-state index in [4.69, 9.17) is 4.74 Å². The quantitative estimate of drug-likeness (QED) is 0.659. The first-order valence-electron chi connectivity index (χ1n) is 6.62. The van der Waals surface area contributed by atoms with E-state index in [9.17, 15) is 18.0 Å². The van der Waals surface area contributed by atoms with Gasteiger partial charge in [-0.25, -0.2) is 4.79 Å². The molecule has 0 aliphatic carbocycles. The Morgan fingerprint density at radius 2 is 1.87 bits per heavy atom. The fourth-order valence-electron chi connectivity index (χ4n) is 1.97. The van der Waals surface area contributed by atoms with Gasteiger partial charge in [0.25, 0.3) is 0 Å². The number of benzene rings is 2. The molecule has 0 aliphatic heterocycles. The van der Waals surface area contributed by atoms with Crippen LogP contribution in [0.4, 0.5) is 23.7 Å². The van der Waals surface area contributed by atoms with Crippen LogP contribution < -0.4 is 5.32 Å². The van der Waals surface area contributed by atoms with E-state index in [2.05, 4.69) is 5.32 Å². The molecule has 0 saturated heterocycles. The summed E-state index contributed by atoms with van der Waals surface area (Å²) in [4.78, 5) is 11.8. The Hall–Kier alpha value is -1.77. The molecule has 0 unspecified atom stereocenters. The summed E-state index contributed by atoms with van der Waals surface area (Å²) in [6, 6.07) is 11.5. The third-order valence-electron chi connectivity index (χ3n) is 3.13. The number of anilines is 1. The topological polar surface area (TPSA) is 38.3 Å². The van der Waals surface area contributed by atoms with Gasteiger partial charge in [0.1, 0.15) is 6.61 Å². The van der Waals surface area contributed by atoms with E-state index >= 15 is 0 Å². The molecule has 0 radical (unpaired) electrons. The van der Waals surface area contributed by atoms with Gasteiger partial charge >= 0.3 is 12.3 Å². The summed E-state index contributed by atoms with van der Waals surface area (Å²) in [5.74, 6) is 0. The molecule has 1 N–H and O–H groups in total.